The fraction of sp³-hybridized carbons (Fsp3) is 0.167. The van der Waals surface area contributed by atoms with E-state index in [9.17, 15) is 9.59 Å². The summed E-state index contributed by atoms with van der Waals surface area (Å²) in [6, 6.07) is 26.4. The van der Waals surface area contributed by atoms with Crippen LogP contribution in [0, 0.1) is 13.8 Å². The number of carbonyl (C=O) groups excluding carboxylic acids is 1. The fourth-order valence-corrected chi connectivity index (χ4v) is 4.49. The Kier molecular flexibility index (Phi) is 7.58. The highest BCUT2D eigenvalue weighted by Gasteiger charge is 2.18. The molecule has 3 aromatic carbocycles. The van der Waals surface area contributed by atoms with Gasteiger partial charge in [0.25, 0.3) is 0 Å². The van der Waals surface area contributed by atoms with Gasteiger partial charge >= 0.3 is 6.03 Å². The molecule has 2 heterocycles. The molecule has 196 valence electrons. The minimum absolute atomic E-state index is 0.228. The first-order chi connectivity index (χ1) is 18.9. The van der Waals surface area contributed by atoms with Gasteiger partial charge in [-0.05, 0) is 65.1 Å². The first-order valence-electron chi connectivity index (χ1n) is 12.7. The summed E-state index contributed by atoms with van der Waals surface area (Å²) in [7, 11) is 0. The van der Waals surface area contributed by atoms with E-state index in [1.165, 1.54) is 6.33 Å². The summed E-state index contributed by atoms with van der Waals surface area (Å²) >= 11 is 0. The molecule has 0 radical (unpaired) electrons. The van der Waals surface area contributed by atoms with E-state index >= 15 is 0 Å². The van der Waals surface area contributed by atoms with Gasteiger partial charge in [-0.15, -0.1) is 5.10 Å². The van der Waals surface area contributed by atoms with Crippen molar-refractivity contribution in [1.82, 2.24) is 35.8 Å². The summed E-state index contributed by atoms with van der Waals surface area (Å²) in [5, 5.41) is 17.4. The van der Waals surface area contributed by atoms with Gasteiger partial charge in [0.2, 0.25) is 5.56 Å². The molecule has 39 heavy (non-hydrogen) atoms. The summed E-state index contributed by atoms with van der Waals surface area (Å²) in [4.78, 5) is 28.8. The first kappa shape index (κ1) is 25.6. The van der Waals surface area contributed by atoms with Crippen molar-refractivity contribution >= 4 is 6.03 Å². The van der Waals surface area contributed by atoms with E-state index in [0.29, 0.717) is 12.1 Å². The maximum atomic E-state index is 13.2. The summed E-state index contributed by atoms with van der Waals surface area (Å²) in [6.07, 6.45) is 2.02. The second-order valence-corrected chi connectivity index (χ2v) is 9.51. The number of rotatable bonds is 8. The Balaban J connectivity index is 1.39. The molecule has 1 atom stereocenters. The first-order valence-corrected chi connectivity index (χ1v) is 12.7. The Hall–Kier alpha value is -5.05. The average molecular weight is 520 g/mol. The molecule has 5 aromatic rings. The minimum atomic E-state index is -0.470. The molecule has 9 heteroatoms. The Morgan fingerprint density at radius 3 is 2.44 bits per heavy atom. The second-order valence-electron chi connectivity index (χ2n) is 9.51. The van der Waals surface area contributed by atoms with Gasteiger partial charge in [-0.2, -0.15) is 0 Å². The molecule has 3 N–H and O–H groups in total. The predicted molar refractivity (Wildman–Crippen MR) is 149 cm³/mol. The monoisotopic (exact) mass is 519 g/mol. The topological polar surface area (TPSA) is 118 Å². The number of aryl methyl sites for hydroxylation is 2. The van der Waals surface area contributed by atoms with Crippen molar-refractivity contribution in [2.45, 2.75) is 32.9 Å². The number of nitrogens with zero attached hydrogens (tertiary/aromatic N) is 4. The molecule has 0 aliphatic carbocycles. The summed E-state index contributed by atoms with van der Waals surface area (Å²) in [5.41, 5.74) is 7.00. The van der Waals surface area contributed by atoms with Gasteiger partial charge in [0.05, 0.1) is 11.7 Å². The zero-order valence-corrected chi connectivity index (χ0v) is 21.8. The number of tetrazole rings is 1. The van der Waals surface area contributed by atoms with E-state index in [0.717, 1.165) is 39.1 Å². The SMILES string of the molecule is Cc1ccc(-c2cc([C@H](Cc3ccccc3)NC(=O)NCc3cc(C)ccc3-n3cnnn3)[nH]c(=O)c2)cc1. The second kappa shape index (κ2) is 11.6. The molecular weight excluding hydrogens is 490 g/mol. The lowest BCUT2D eigenvalue weighted by atomic mass is 9.99. The maximum absolute atomic E-state index is 13.2. The zero-order chi connectivity index (χ0) is 27.2. The number of carbonyl (C=O) groups is 1. The van der Waals surface area contributed by atoms with E-state index in [4.69, 9.17) is 0 Å². The van der Waals surface area contributed by atoms with Crippen LogP contribution in [0.25, 0.3) is 16.8 Å². The van der Waals surface area contributed by atoms with Gasteiger partial charge in [-0.3, -0.25) is 4.79 Å². The Labute approximate surface area is 225 Å². The van der Waals surface area contributed by atoms with Crippen molar-refractivity contribution in [3.05, 3.63) is 130 Å². The lowest BCUT2D eigenvalue weighted by Gasteiger charge is -2.21. The van der Waals surface area contributed by atoms with Crippen LogP contribution in [0.3, 0.4) is 0 Å². The highest BCUT2D eigenvalue weighted by atomic mass is 16.2. The molecule has 0 saturated carbocycles. The normalized spacial score (nSPS) is 11.6. The van der Waals surface area contributed by atoms with E-state index in [1.54, 1.807) is 10.7 Å². The number of urea groups is 1. The van der Waals surface area contributed by atoms with Crippen LogP contribution in [0.15, 0.2) is 96.1 Å². The molecule has 5 rings (SSSR count). The molecule has 0 aliphatic rings. The highest BCUT2D eigenvalue weighted by Crippen LogP contribution is 2.23. The highest BCUT2D eigenvalue weighted by molar-refractivity contribution is 5.75. The molecule has 0 spiro atoms. The summed E-state index contributed by atoms with van der Waals surface area (Å²) in [5.74, 6) is 0. The van der Waals surface area contributed by atoms with Crippen molar-refractivity contribution in [1.29, 1.82) is 0 Å². The van der Waals surface area contributed by atoms with Crippen LogP contribution in [-0.4, -0.2) is 31.2 Å². The third-order valence-electron chi connectivity index (χ3n) is 6.48. The Morgan fingerprint density at radius 2 is 1.69 bits per heavy atom. The van der Waals surface area contributed by atoms with Gasteiger partial charge in [-0.25, -0.2) is 9.48 Å². The molecule has 0 unspecified atom stereocenters. The van der Waals surface area contributed by atoms with Crippen molar-refractivity contribution in [3.63, 3.8) is 0 Å². The fourth-order valence-electron chi connectivity index (χ4n) is 4.49. The van der Waals surface area contributed by atoms with Crippen molar-refractivity contribution in [2.75, 3.05) is 0 Å². The van der Waals surface area contributed by atoms with Crippen LogP contribution in [0.4, 0.5) is 4.79 Å². The third kappa shape index (κ3) is 6.45. The number of pyridine rings is 1. The van der Waals surface area contributed by atoms with Crippen molar-refractivity contribution < 1.29 is 4.79 Å². The van der Waals surface area contributed by atoms with Crippen LogP contribution < -0.4 is 16.2 Å². The number of aromatic nitrogens is 5. The van der Waals surface area contributed by atoms with Crippen LogP contribution in [0.5, 0.6) is 0 Å². The van der Waals surface area contributed by atoms with E-state index in [2.05, 4.69) is 31.1 Å². The molecule has 2 amide bonds. The number of hydrogen-bond donors (Lipinski definition) is 3. The number of benzene rings is 3. The standard InChI is InChI=1S/C30H29N7O2/c1-20-8-11-23(12-9-20)24-16-27(33-29(38)17-24)26(15-22-6-4-3-5-7-22)34-30(39)31-18-25-14-21(2)10-13-28(25)37-19-32-35-36-37/h3-14,16-17,19,26H,15,18H2,1-2H3,(H,33,38)(H2,31,34,39)/t26-/m0/s1. The third-order valence-corrected chi connectivity index (χ3v) is 6.48. The quantitative estimate of drug-likeness (QED) is 0.281. The molecular formula is C30H29N7O2. The lowest BCUT2D eigenvalue weighted by Crippen LogP contribution is -2.39. The molecule has 0 fully saturated rings. The van der Waals surface area contributed by atoms with Gasteiger partial charge in [-0.1, -0.05) is 77.9 Å². The molecule has 0 bridgehead atoms. The van der Waals surface area contributed by atoms with Crippen LogP contribution >= 0.6 is 0 Å². The van der Waals surface area contributed by atoms with Gasteiger partial charge in [0.1, 0.15) is 6.33 Å². The van der Waals surface area contributed by atoms with Crippen LogP contribution in [0.1, 0.15) is 34.0 Å². The van der Waals surface area contributed by atoms with Crippen LogP contribution in [0.2, 0.25) is 0 Å². The summed E-state index contributed by atoms with van der Waals surface area (Å²) < 4.78 is 1.56. The minimum Gasteiger partial charge on any atom is -0.334 e. The Morgan fingerprint density at radius 1 is 0.923 bits per heavy atom. The van der Waals surface area contributed by atoms with Gasteiger partial charge in [0, 0.05) is 18.3 Å². The smallest absolute Gasteiger partial charge is 0.315 e. The number of hydrogen-bond acceptors (Lipinski definition) is 5. The largest absolute Gasteiger partial charge is 0.334 e. The van der Waals surface area contributed by atoms with Crippen molar-refractivity contribution in [3.8, 4) is 16.8 Å². The zero-order valence-electron chi connectivity index (χ0n) is 21.8. The number of H-pyrrole nitrogens is 1. The molecule has 0 saturated heterocycles. The van der Waals surface area contributed by atoms with E-state index in [-0.39, 0.29) is 18.1 Å². The van der Waals surface area contributed by atoms with E-state index in [1.807, 2.05) is 92.7 Å². The van der Waals surface area contributed by atoms with Crippen LogP contribution in [-0.2, 0) is 13.0 Å². The van der Waals surface area contributed by atoms with Gasteiger partial charge < -0.3 is 15.6 Å². The molecule has 9 nitrogen and oxygen atoms in total. The number of amides is 2. The van der Waals surface area contributed by atoms with Crippen molar-refractivity contribution in [2.24, 2.45) is 0 Å². The average Bonchev–Trinajstić information content (AvgIpc) is 3.47. The predicted octanol–water partition coefficient (Wildman–Crippen LogP) is 4.42. The molecule has 2 aromatic heterocycles. The number of aromatic amines is 1. The summed E-state index contributed by atoms with van der Waals surface area (Å²) in [6.45, 7) is 4.27. The van der Waals surface area contributed by atoms with Gasteiger partial charge in [0.15, 0.2) is 0 Å². The van der Waals surface area contributed by atoms with E-state index < -0.39 is 6.04 Å². The maximum Gasteiger partial charge on any atom is 0.315 e. The molecule has 0 aliphatic heterocycles. The lowest BCUT2D eigenvalue weighted by molar-refractivity contribution is 0.236. The number of nitrogens with one attached hydrogen (secondary N) is 3. The Bertz CT molecular complexity index is 1610.